The van der Waals surface area contributed by atoms with E-state index >= 15 is 0 Å². The molecule has 2 amide bonds. The maximum atomic E-state index is 13.2. The number of amides is 2. The van der Waals surface area contributed by atoms with Crippen molar-refractivity contribution in [2.45, 2.75) is 12.3 Å². The molecule has 2 N–H and O–H groups in total. The van der Waals surface area contributed by atoms with Gasteiger partial charge in [0.15, 0.2) is 5.82 Å². The zero-order chi connectivity index (χ0) is 19.1. The van der Waals surface area contributed by atoms with Crippen LogP contribution in [0.1, 0.15) is 34.0 Å². The van der Waals surface area contributed by atoms with E-state index in [1.807, 2.05) is 0 Å². The highest BCUT2D eigenvalue weighted by molar-refractivity contribution is 6.34. The molecule has 0 fully saturated rings. The van der Waals surface area contributed by atoms with Gasteiger partial charge < -0.3 is 15.1 Å². The van der Waals surface area contributed by atoms with Crippen LogP contribution < -0.4 is 10.6 Å². The molecular weight excluding hydrogens is 375 g/mol. The van der Waals surface area contributed by atoms with Crippen LogP contribution in [0.5, 0.6) is 0 Å². The van der Waals surface area contributed by atoms with Crippen molar-refractivity contribution in [3.05, 3.63) is 64.3 Å². The molecule has 4 rings (SSSR count). The molecule has 0 aliphatic carbocycles. The lowest BCUT2D eigenvalue weighted by molar-refractivity contribution is -0.116. The van der Waals surface area contributed by atoms with Crippen LogP contribution in [0.15, 0.2) is 41.0 Å². The van der Waals surface area contributed by atoms with Crippen molar-refractivity contribution in [3.8, 4) is 0 Å². The van der Waals surface area contributed by atoms with Crippen LogP contribution in [0.25, 0.3) is 0 Å². The summed E-state index contributed by atoms with van der Waals surface area (Å²) in [6.07, 6.45) is 1.68. The van der Waals surface area contributed by atoms with Crippen LogP contribution in [-0.2, 0) is 11.8 Å². The standard InChI is InChI=1S/C18H14ClFN4O3/c1-24-17-15(11(8-14(25)21-17)13-3-2-6-27-13)16(23-24)22-18(26)10-5-4-9(20)7-12(10)19/h2-7,11H,8H2,1H3,(H,21,25)(H,22,23,26)/t11-/m1/s1. The molecule has 1 aliphatic rings. The van der Waals surface area contributed by atoms with Crippen LogP contribution in [0, 0.1) is 5.82 Å². The number of nitrogens with one attached hydrogen (secondary N) is 2. The first-order chi connectivity index (χ1) is 12.9. The number of halogens is 2. The third-order valence-electron chi connectivity index (χ3n) is 4.37. The second-order valence-corrected chi connectivity index (χ2v) is 6.54. The van der Waals surface area contributed by atoms with Crippen molar-refractivity contribution in [3.63, 3.8) is 0 Å². The van der Waals surface area contributed by atoms with Gasteiger partial charge in [0.1, 0.15) is 17.4 Å². The predicted octanol–water partition coefficient (Wildman–Crippen LogP) is 3.53. The van der Waals surface area contributed by atoms with E-state index in [0.29, 0.717) is 17.1 Å². The Morgan fingerprint density at radius 2 is 2.26 bits per heavy atom. The highest BCUT2D eigenvalue weighted by Crippen LogP contribution is 2.41. The van der Waals surface area contributed by atoms with Crippen molar-refractivity contribution in [2.24, 2.45) is 7.05 Å². The summed E-state index contributed by atoms with van der Waals surface area (Å²) in [6, 6.07) is 7.02. The first kappa shape index (κ1) is 17.3. The molecule has 9 heteroatoms. The second-order valence-electron chi connectivity index (χ2n) is 6.13. The topological polar surface area (TPSA) is 89.2 Å². The average Bonchev–Trinajstić information content (AvgIpc) is 3.23. The fraction of sp³-hybridized carbons (Fsp3) is 0.167. The molecular formula is C18H14ClFN4O3. The summed E-state index contributed by atoms with van der Waals surface area (Å²) in [5.41, 5.74) is 0.755. The Morgan fingerprint density at radius 3 is 2.96 bits per heavy atom. The molecule has 0 unspecified atom stereocenters. The van der Waals surface area contributed by atoms with Gasteiger partial charge in [0.05, 0.1) is 28.3 Å². The Kier molecular flexibility index (Phi) is 4.19. The molecule has 3 aromatic rings. The number of aryl methyl sites for hydroxylation is 1. The molecule has 7 nitrogen and oxygen atoms in total. The van der Waals surface area contributed by atoms with E-state index in [4.69, 9.17) is 16.0 Å². The van der Waals surface area contributed by atoms with Gasteiger partial charge >= 0.3 is 0 Å². The van der Waals surface area contributed by atoms with E-state index in [9.17, 15) is 14.0 Å². The number of carbonyl (C=O) groups is 2. The van der Waals surface area contributed by atoms with Crippen molar-refractivity contribution in [2.75, 3.05) is 10.6 Å². The summed E-state index contributed by atoms with van der Waals surface area (Å²) in [5, 5.41) is 9.77. The molecule has 0 radical (unpaired) electrons. The lowest BCUT2D eigenvalue weighted by atomic mass is 9.91. The summed E-state index contributed by atoms with van der Waals surface area (Å²) in [7, 11) is 1.66. The monoisotopic (exact) mass is 388 g/mol. The smallest absolute Gasteiger partial charge is 0.258 e. The Morgan fingerprint density at radius 1 is 1.44 bits per heavy atom. The average molecular weight is 389 g/mol. The van der Waals surface area contributed by atoms with Gasteiger partial charge in [-0.15, -0.1) is 0 Å². The molecule has 0 bridgehead atoms. The molecule has 3 heterocycles. The summed E-state index contributed by atoms with van der Waals surface area (Å²) in [6.45, 7) is 0. The number of furan rings is 1. The van der Waals surface area contributed by atoms with E-state index in [-0.39, 0.29) is 28.7 Å². The number of hydrogen-bond donors (Lipinski definition) is 2. The number of nitrogens with zero attached hydrogens (tertiary/aromatic N) is 2. The first-order valence-electron chi connectivity index (χ1n) is 8.10. The van der Waals surface area contributed by atoms with Crippen molar-refractivity contribution < 1.29 is 18.4 Å². The zero-order valence-corrected chi connectivity index (χ0v) is 14.9. The maximum Gasteiger partial charge on any atom is 0.258 e. The van der Waals surface area contributed by atoms with E-state index in [2.05, 4.69) is 15.7 Å². The van der Waals surface area contributed by atoms with Crippen molar-refractivity contribution in [1.29, 1.82) is 0 Å². The Labute approximate surface area is 158 Å². The van der Waals surface area contributed by atoms with Gasteiger partial charge in [-0.2, -0.15) is 5.10 Å². The lowest BCUT2D eigenvalue weighted by Gasteiger charge is -2.22. The van der Waals surface area contributed by atoms with Crippen LogP contribution in [0.4, 0.5) is 16.0 Å². The molecule has 138 valence electrons. The molecule has 1 aliphatic heterocycles. The molecule has 0 saturated heterocycles. The summed E-state index contributed by atoms with van der Waals surface area (Å²) < 4.78 is 20.2. The maximum absolute atomic E-state index is 13.2. The van der Waals surface area contributed by atoms with Crippen molar-refractivity contribution in [1.82, 2.24) is 9.78 Å². The first-order valence-corrected chi connectivity index (χ1v) is 8.48. The predicted molar refractivity (Wildman–Crippen MR) is 96.4 cm³/mol. The minimum Gasteiger partial charge on any atom is -0.469 e. The largest absolute Gasteiger partial charge is 0.469 e. The normalized spacial score (nSPS) is 16.0. The number of fused-ring (bicyclic) bond motifs is 1. The lowest BCUT2D eigenvalue weighted by Crippen LogP contribution is -2.25. The number of aromatic nitrogens is 2. The summed E-state index contributed by atoms with van der Waals surface area (Å²) in [4.78, 5) is 24.7. The molecule has 2 aromatic heterocycles. The number of benzene rings is 1. The molecule has 1 atom stereocenters. The zero-order valence-electron chi connectivity index (χ0n) is 14.1. The van der Waals surface area contributed by atoms with E-state index in [1.165, 1.54) is 17.0 Å². The third kappa shape index (κ3) is 3.08. The van der Waals surface area contributed by atoms with Gasteiger partial charge in [-0.25, -0.2) is 4.39 Å². The van der Waals surface area contributed by atoms with Gasteiger partial charge in [-0.1, -0.05) is 11.6 Å². The van der Waals surface area contributed by atoms with Gasteiger partial charge in [-0.05, 0) is 30.3 Å². The van der Waals surface area contributed by atoms with Crippen LogP contribution in [-0.4, -0.2) is 21.6 Å². The van der Waals surface area contributed by atoms with E-state index in [1.54, 1.807) is 19.2 Å². The second kappa shape index (κ2) is 6.55. The van der Waals surface area contributed by atoms with Gasteiger partial charge in [-0.3, -0.25) is 14.3 Å². The van der Waals surface area contributed by atoms with Gasteiger partial charge in [0, 0.05) is 13.5 Å². The Bertz CT molecular complexity index is 1050. The van der Waals surface area contributed by atoms with Crippen LogP contribution in [0.3, 0.4) is 0 Å². The minimum absolute atomic E-state index is 0.00631. The number of rotatable bonds is 3. The number of hydrogen-bond acceptors (Lipinski definition) is 4. The minimum atomic E-state index is -0.535. The van der Waals surface area contributed by atoms with Crippen LogP contribution >= 0.6 is 11.6 Å². The summed E-state index contributed by atoms with van der Waals surface area (Å²) >= 11 is 5.97. The Balaban J connectivity index is 1.73. The Hall–Kier alpha value is -3.13. The van der Waals surface area contributed by atoms with Gasteiger partial charge in [0.25, 0.3) is 5.91 Å². The van der Waals surface area contributed by atoms with E-state index < -0.39 is 17.6 Å². The highest BCUT2D eigenvalue weighted by Gasteiger charge is 2.35. The van der Waals surface area contributed by atoms with Crippen molar-refractivity contribution >= 4 is 35.1 Å². The third-order valence-corrected chi connectivity index (χ3v) is 4.69. The molecule has 0 spiro atoms. The summed E-state index contributed by atoms with van der Waals surface area (Å²) in [5.74, 6) is -0.284. The number of anilines is 2. The quantitative estimate of drug-likeness (QED) is 0.718. The fourth-order valence-corrected chi connectivity index (χ4v) is 3.42. The fourth-order valence-electron chi connectivity index (χ4n) is 3.16. The molecule has 0 saturated carbocycles. The molecule has 1 aromatic carbocycles. The van der Waals surface area contributed by atoms with Gasteiger partial charge in [0.2, 0.25) is 5.91 Å². The SMILES string of the molecule is Cn1nc(NC(=O)c2ccc(F)cc2Cl)c2c1NC(=O)C[C@@H]2c1ccco1. The van der Waals surface area contributed by atoms with E-state index in [0.717, 1.165) is 12.1 Å². The van der Waals surface area contributed by atoms with Crippen LogP contribution in [0.2, 0.25) is 5.02 Å². The number of carbonyl (C=O) groups excluding carboxylic acids is 2. The molecule has 27 heavy (non-hydrogen) atoms. The highest BCUT2D eigenvalue weighted by atomic mass is 35.5.